The number of aromatic nitrogens is 3. The molecule has 1 saturated heterocycles. The summed E-state index contributed by atoms with van der Waals surface area (Å²) in [6, 6.07) is 3.88. The summed E-state index contributed by atoms with van der Waals surface area (Å²) in [5.74, 6) is 2.21. The molecule has 2 aromatic rings. The molecular weight excluding hydrogens is 284 g/mol. The first-order valence-electron chi connectivity index (χ1n) is 7.44. The summed E-state index contributed by atoms with van der Waals surface area (Å²) < 4.78 is 10.2. The van der Waals surface area contributed by atoms with E-state index >= 15 is 0 Å². The predicted octanol–water partition coefficient (Wildman–Crippen LogP) is 1.49. The van der Waals surface area contributed by atoms with Crippen molar-refractivity contribution < 1.29 is 14.4 Å². The second kappa shape index (κ2) is 6.85. The number of anilines is 1. The third-order valence-corrected chi connectivity index (χ3v) is 3.84. The summed E-state index contributed by atoms with van der Waals surface area (Å²) in [7, 11) is 1.59. The van der Waals surface area contributed by atoms with Crippen molar-refractivity contribution in [2.75, 3.05) is 31.7 Å². The summed E-state index contributed by atoms with van der Waals surface area (Å²) in [6.07, 6.45) is 3.90. The molecule has 0 spiro atoms. The van der Waals surface area contributed by atoms with Crippen molar-refractivity contribution in [2.45, 2.75) is 19.4 Å². The first kappa shape index (κ1) is 14.9. The van der Waals surface area contributed by atoms with Gasteiger partial charge >= 0.3 is 0 Å². The van der Waals surface area contributed by atoms with Crippen LogP contribution in [0.4, 0.5) is 5.82 Å². The topological polar surface area (TPSA) is 84.5 Å². The standard InChI is InChI=1S/C15H20N4O3/c1-21-10-13-17-15(22-18-13)12-4-5-14(16-7-12)19-6-2-3-11(8-19)9-20/h4-5,7,11,20H,2-3,6,8-10H2,1H3/t11-/m1/s1. The second-order valence-electron chi connectivity index (χ2n) is 5.49. The number of hydrogen-bond donors (Lipinski definition) is 1. The number of hydrogen-bond acceptors (Lipinski definition) is 7. The molecule has 0 unspecified atom stereocenters. The number of aliphatic hydroxyl groups excluding tert-OH is 1. The fourth-order valence-electron chi connectivity index (χ4n) is 2.68. The number of aliphatic hydroxyl groups is 1. The van der Waals surface area contributed by atoms with E-state index in [9.17, 15) is 5.11 Å². The van der Waals surface area contributed by atoms with Crippen LogP contribution in [0.2, 0.25) is 0 Å². The Kier molecular flexibility index (Phi) is 4.65. The minimum Gasteiger partial charge on any atom is -0.396 e. The van der Waals surface area contributed by atoms with Crippen LogP contribution in [-0.2, 0) is 11.3 Å². The van der Waals surface area contributed by atoms with E-state index in [0.29, 0.717) is 24.2 Å². The molecule has 2 aromatic heterocycles. The highest BCUT2D eigenvalue weighted by Crippen LogP contribution is 2.23. The lowest BCUT2D eigenvalue weighted by atomic mass is 9.99. The smallest absolute Gasteiger partial charge is 0.259 e. The highest BCUT2D eigenvalue weighted by molar-refractivity contribution is 5.54. The zero-order valence-corrected chi connectivity index (χ0v) is 12.6. The lowest BCUT2D eigenvalue weighted by molar-refractivity contribution is 0.174. The maximum absolute atomic E-state index is 9.31. The summed E-state index contributed by atoms with van der Waals surface area (Å²) in [5.41, 5.74) is 0.786. The van der Waals surface area contributed by atoms with Gasteiger partial charge in [0.2, 0.25) is 0 Å². The average Bonchev–Trinajstić information content (AvgIpc) is 3.04. The van der Waals surface area contributed by atoms with Gasteiger partial charge in [0.1, 0.15) is 12.4 Å². The average molecular weight is 304 g/mol. The zero-order valence-electron chi connectivity index (χ0n) is 12.6. The van der Waals surface area contributed by atoms with E-state index < -0.39 is 0 Å². The van der Waals surface area contributed by atoms with Crippen LogP contribution in [0.3, 0.4) is 0 Å². The lowest BCUT2D eigenvalue weighted by Crippen LogP contribution is -2.37. The first-order valence-corrected chi connectivity index (χ1v) is 7.44. The number of nitrogens with zero attached hydrogens (tertiary/aromatic N) is 4. The Balaban J connectivity index is 1.71. The third-order valence-electron chi connectivity index (χ3n) is 3.84. The second-order valence-corrected chi connectivity index (χ2v) is 5.49. The van der Waals surface area contributed by atoms with Gasteiger partial charge in [-0.15, -0.1) is 0 Å². The van der Waals surface area contributed by atoms with Crippen LogP contribution in [-0.4, -0.2) is 47.0 Å². The van der Waals surface area contributed by atoms with Gasteiger partial charge in [0.15, 0.2) is 5.82 Å². The van der Waals surface area contributed by atoms with Crippen LogP contribution >= 0.6 is 0 Å². The van der Waals surface area contributed by atoms with E-state index in [1.54, 1.807) is 13.3 Å². The molecule has 1 N–H and O–H groups in total. The minimum atomic E-state index is 0.235. The number of pyridine rings is 1. The molecule has 118 valence electrons. The van der Waals surface area contributed by atoms with Crippen molar-refractivity contribution in [1.29, 1.82) is 0 Å². The molecule has 1 fully saturated rings. The molecule has 0 saturated carbocycles. The van der Waals surface area contributed by atoms with E-state index in [0.717, 1.165) is 37.3 Å². The molecule has 0 bridgehead atoms. The zero-order chi connectivity index (χ0) is 15.4. The molecule has 0 radical (unpaired) electrons. The highest BCUT2D eigenvalue weighted by Gasteiger charge is 2.20. The Morgan fingerprint density at radius 3 is 3.09 bits per heavy atom. The third kappa shape index (κ3) is 3.26. The lowest BCUT2D eigenvalue weighted by Gasteiger charge is -2.32. The predicted molar refractivity (Wildman–Crippen MR) is 80.3 cm³/mol. The van der Waals surface area contributed by atoms with Crippen molar-refractivity contribution in [3.63, 3.8) is 0 Å². The summed E-state index contributed by atoms with van der Waals surface area (Å²) in [4.78, 5) is 10.9. The molecule has 0 aliphatic carbocycles. The molecule has 7 nitrogen and oxygen atoms in total. The Labute approximate surface area is 128 Å². The van der Waals surface area contributed by atoms with Crippen LogP contribution in [0.25, 0.3) is 11.5 Å². The van der Waals surface area contributed by atoms with Crippen LogP contribution in [0, 0.1) is 5.92 Å². The summed E-state index contributed by atoms with van der Waals surface area (Å²) in [6.45, 7) is 2.38. The quantitative estimate of drug-likeness (QED) is 0.895. The molecule has 22 heavy (non-hydrogen) atoms. The van der Waals surface area contributed by atoms with E-state index in [4.69, 9.17) is 9.26 Å². The maximum Gasteiger partial charge on any atom is 0.259 e. The molecule has 0 aromatic carbocycles. The van der Waals surface area contributed by atoms with Gasteiger partial charge in [-0.2, -0.15) is 4.98 Å². The van der Waals surface area contributed by atoms with Gasteiger partial charge < -0.3 is 19.3 Å². The van der Waals surface area contributed by atoms with Gasteiger partial charge in [-0.1, -0.05) is 5.16 Å². The fourth-order valence-corrected chi connectivity index (χ4v) is 2.68. The van der Waals surface area contributed by atoms with Gasteiger partial charge in [-0.05, 0) is 30.9 Å². The van der Waals surface area contributed by atoms with Crippen molar-refractivity contribution in [3.05, 3.63) is 24.2 Å². The summed E-state index contributed by atoms with van der Waals surface area (Å²) >= 11 is 0. The SMILES string of the molecule is COCc1noc(-c2ccc(N3CCC[C@@H](CO)C3)nc2)n1. The Morgan fingerprint density at radius 1 is 1.45 bits per heavy atom. The first-order chi connectivity index (χ1) is 10.8. The molecule has 1 atom stereocenters. The Bertz CT molecular complexity index is 599. The largest absolute Gasteiger partial charge is 0.396 e. The van der Waals surface area contributed by atoms with E-state index in [1.165, 1.54) is 0 Å². The number of ether oxygens (including phenoxy) is 1. The molecular formula is C15H20N4O3. The van der Waals surface area contributed by atoms with Gasteiger partial charge in [-0.3, -0.25) is 0 Å². The normalized spacial score (nSPS) is 18.6. The molecule has 7 heteroatoms. The minimum absolute atomic E-state index is 0.235. The van der Waals surface area contributed by atoms with Crippen molar-refractivity contribution >= 4 is 5.82 Å². The van der Waals surface area contributed by atoms with Crippen LogP contribution < -0.4 is 4.90 Å². The van der Waals surface area contributed by atoms with Crippen molar-refractivity contribution in [1.82, 2.24) is 15.1 Å². The molecule has 1 aliphatic rings. The number of rotatable bonds is 5. The highest BCUT2D eigenvalue weighted by atomic mass is 16.5. The van der Waals surface area contributed by atoms with Crippen LogP contribution in [0.5, 0.6) is 0 Å². The van der Waals surface area contributed by atoms with Gasteiger partial charge in [0, 0.05) is 33.0 Å². The molecule has 0 amide bonds. The van der Waals surface area contributed by atoms with Crippen LogP contribution in [0.1, 0.15) is 18.7 Å². The maximum atomic E-state index is 9.31. The van der Waals surface area contributed by atoms with E-state index in [-0.39, 0.29) is 6.61 Å². The van der Waals surface area contributed by atoms with Crippen molar-refractivity contribution in [2.24, 2.45) is 5.92 Å². The Morgan fingerprint density at radius 2 is 2.36 bits per heavy atom. The summed E-state index contributed by atoms with van der Waals surface area (Å²) in [5, 5.41) is 13.1. The molecule has 3 rings (SSSR count). The Hall–Kier alpha value is -1.99. The number of methoxy groups -OCH3 is 1. The van der Waals surface area contributed by atoms with Gasteiger partial charge in [0.25, 0.3) is 5.89 Å². The fraction of sp³-hybridized carbons (Fsp3) is 0.533. The van der Waals surface area contributed by atoms with Gasteiger partial charge in [-0.25, -0.2) is 4.98 Å². The van der Waals surface area contributed by atoms with Crippen LogP contribution in [0.15, 0.2) is 22.9 Å². The molecule has 1 aliphatic heterocycles. The van der Waals surface area contributed by atoms with E-state index in [1.807, 2.05) is 12.1 Å². The molecule has 3 heterocycles. The van der Waals surface area contributed by atoms with Crippen molar-refractivity contribution in [3.8, 4) is 11.5 Å². The van der Waals surface area contributed by atoms with E-state index in [2.05, 4.69) is 20.0 Å². The van der Waals surface area contributed by atoms with Gasteiger partial charge in [0.05, 0.1) is 5.56 Å². The monoisotopic (exact) mass is 304 g/mol. The number of piperidine rings is 1.